The predicted octanol–water partition coefficient (Wildman–Crippen LogP) is 3.34. The summed E-state index contributed by atoms with van der Waals surface area (Å²) in [6.45, 7) is -0.377. The van der Waals surface area contributed by atoms with Crippen molar-refractivity contribution in [3.63, 3.8) is 0 Å². The minimum atomic E-state index is -0.623. The van der Waals surface area contributed by atoms with Crippen LogP contribution in [0.15, 0.2) is 36.4 Å². The molecule has 1 aliphatic carbocycles. The molecule has 13 nitrogen and oxygen atoms in total. The monoisotopic (exact) mass is 501 g/mol. The molecule has 2 N–H and O–H groups in total. The molecule has 2 amide bonds. The third-order valence-electron chi connectivity index (χ3n) is 5.89. The molecule has 0 radical (unpaired) electrons. The van der Waals surface area contributed by atoms with Gasteiger partial charge in [-0.05, 0) is 37.1 Å². The van der Waals surface area contributed by atoms with Gasteiger partial charge in [0, 0.05) is 6.04 Å². The number of anilines is 2. The molecule has 0 bridgehead atoms. The van der Waals surface area contributed by atoms with E-state index in [9.17, 15) is 29.8 Å². The average Bonchev–Trinajstić information content (AvgIpc) is 3.39. The molecule has 1 fully saturated rings. The Labute approximate surface area is 206 Å². The molecule has 2 aromatic rings. The van der Waals surface area contributed by atoms with Gasteiger partial charge in [0.25, 0.3) is 11.4 Å². The van der Waals surface area contributed by atoms with Crippen LogP contribution in [0.25, 0.3) is 0 Å². The smallest absolute Gasteiger partial charge is 0.296 e. The third kappa shape index (κ3) is 6.66. The lowest BCUT2D eigenvalue weighted by Crippen LogP contribution is -2.44. The molecule has 0 aromatic heterocycles. The summed E-state index contributed by atoms with van der Waals surface area (Å²) in [7, 11) is 2.75. The maximum Gasteiger partial charge on any atom is 0.296 e. The Bertz CT molecular complexity index is 1070. The van der Waals surface area contributed by atoms with Gasteiger partial charge in [-0.1, -0.05) is 12.8 Å². The summed E-state index contributed by atoms with van der Waals surface area (Å²) in [5.41, 5.74) is -0.620. The van der Waals surface area contributed by atoms with Crippen molar-refractivity contribution in [2.45, 2.75) is 31.7 Å². The molecule has 3 rings (SSSR count). The molecule has 0 aliphatic heterocycles. The molecule has 13 heteroatoms. The molecule has 0 unspecified atom stereocenters. The highest BCUT2D eigenvalue weighted by molar-refractivity contribution is 5.97. The Morgan fingerprint density at radius 3 is 1.64 bits per heavy atom. The lowest BCUT2D eigenvalue weighted by Gasteiger charge is -2.27. The first-order valence-electron chi connectivity index (χ1n) is 11.2. The second kappa shape index (κ2) is 11.9. The number of benzene rings is 2. The molecule has 36 heavy (non-hydrogen) atoms. The number of hydrogen-bond acceptors (Lipinski definition) is 9. The summed E-state index contributed by atoms with van der Waals surface area (Å²) in [6.07, 6.45) is 3.45. The minimum Gasteiger partial charge on any atom is -0.496 e. The largest absolute Gasteiger partial charge is 0.496 e. The van der Waals surface area contributed by atoms with Gasteiger partial charge in [0.2, 0.25) is 11.8 Å². The number of hydrogen-bond donors (Lipinski definition) is 2. The van der Waals surface area contributed by atoms with Gasteiger partial charge in [0.1, 0.15) is 22.9 Å². The Kier molecular flexibility index (Phi) is 8.73. The van der Waals surface area contributed by atoms with Gasteiger partial charge in [-0.25, -0.2) is 0 Å². The van der Waals surface area contributed by atoms with Gasteiger partial charge < -0.3 is 20.1 Å². The average molecular weight is 501 g/mol. The van der Waals surface area contributed by atoms with Gasteiger partial charge in [0.05, 0.1) is 49.3 Å². The molecule has 0 spiro atoms. The molecule has 0 saturated heterocycles. The highest BCUT2D eigenvalue weighted by Crippen LogP contribution is 2.31. The van der Waals surface area contributed by atoms with Gasteiger partial charge in [0.15, 0.2) is 0 Å². The number of nitrogens with zero attached hydrogens (tertiary/aromatic N) is 3. The first kappa shape index (κ1) is 26.3. The molecule has 192 valence electrons. The van der Waals surface area contributed by atoms with Crippen molar-refractivity contribution >= 4 is 34.6 Å². The van der Waals surface area contributed by atoms with Crippen LogP contribution < -0.4 is 20.1 Å². The van der Waals surface area contributed by atoms with Crippen LogP contribution >= 0.6 is 0 Å². The van der Waals surface area contributed by atoms with Crippen molar-refractivity contribution in [2.24, 2.45) is 0 Å². The van der Waals surface area contributed by atoms with E-state index >= 15 is 0 Å². The zero-order valence-corrected chi connectivity index (χ0v) is 19.9. The van der Waals surface area contributed by atoms with Crippen LogP contribution in [0.3, 0.4) is 0 Å². The summed E-state index contributed by atoms with van der Waals surface area (Å²) in [6, 6.07) is 8.12. The van der Waals surface area contributed by atoms with Gasteiger partial charge in [-0.2, -0.15) is 0 Å². The summed E-state index contributed by atoms with van der Waals surface area (Å²) < 4.78 is 10.0. The quantitative estimate of drug-likeness (QED) is 0.347. The van der Waals surface area contributed by atoms with E-state index in [0.29, 0.717) is 0 Å². The van der Waals surface area contributed by atoms with Crippen LogP contribution in [0.4, 0.5) is 22.7 Å². The van der Waals surface area contributed by atoms with E-state index in [4.69, 9.17) is 9.47 Å². The number of methoxy groups -OCH3 is 2. The Morgan fingerprint density at radius 2 is 1.28 bits per heavy atom. The van der Waals surface area contributed by atoms with Crippen molar-refractivity contribution in [1.29, 1.82) is 0 Å². The fourth-order valence-corrected chi connectivity index (χ4v) is 4.12. The number of rotatable bonds is 11. The lowest BCUT2D eigenvalue weighted by molar-refractivity contribution is -0.384. The maximum atomic E-state index is 12.8. The molecular formula is C23H27N5O8. The predicted molar refractivity (Wildman–Crippen MR) is 130 cm³/mol. The Morgan fingerprint density at radius 1 is 0.861 bits per heavy atom. The summed E-state index contributed by atoms with van der Waals surface area (Å²) in [4.78, 5) is 48.9. The van der Waals surface area contributed by atoms with E-state index in [1.54, 1.807) is 4.90 Å². The van der Waals surface area contributed by atoms with Crippen LogP contribution in [0.2, 0.25) is 0 Å². The highest BCUT2D eigenvalue weighted by Gasteiger charge is 2.28. The zero-order valence-electron chi connectivity index (χ0n) is 19.9. The fourth-order valence-electron chi connectivity index (χ4n) is 4.12. The van der Waals surface area contributed by atoms with Crippen LogP contribution in [0.1, 0.15) is 25.7 Å². The van der Waals surface area contributed by atoms with Crippen LogP contribution in [0.5, 0.6) is 11.5 Å². The Balaban J connectivity index is 1.73. The summed E-state index contributed by atoms with van der Waals surface area (Å²) in [5, 5.41) is 27.9. The van der Waals surface area contributed by atoms with Crippen LogP contribution in [-0.4, -0.2) is 59.9 Å². The molecule has 1 saturated carbocycles. The van der Waals surface area contributed by atoms with E-state index in [1.807, 2.05) is 0 Å². The zero-order chi connectivity index (χ0) is 26.2. The number of carbonyl (C=O) groups excluding carboxylic acids is 2. The standard InChI is InChI=1S/C23H27N5O8/c1-35-16-7-9-18(20(11-16)27(31)32)24-22(29)13-26(15-5-3-4-6-15)14-23(30)25-19-10-8-17(36-2)12-21(19)28(33)34/h7-12,15H,3-6,13-14H2,1-2H3,(H,24,29)(H,25,30). The van der Waals surface area contributed by atoms with Gasteiger partial charge >= 0.3 is 0 Å². The molecule has 0 atom stereocenters. The van der Waals surface area contributed by atoms with Crippen molar-refractivity contribution in [3.8, 4) is 11.5 Å². The molecule has 0 heterocycles. The van der Waals surface area contributed by atoms with Gasteiger partial charge in [-0.15, -0.1) is 0 Å². The number of ether oxygens (including phenoxy) is 2. The molecule has 2 aromatic carbocycles. The number of amides is 2. The fraction of sp³-hybridized carbons (Fsp3) is 0.391. The second-order valence-corrected chi connectivity index (χ2v) is 8.22. The lowest BCUT2D eigenvalue weighted by atomic mass is 10.2. The summed E-state index contributed by atoms with van der Waals surface area (Å²) >= 11 is 0. The highest BCUT2D eigenvalue weighted by atomic mass is 16.6. The first-order chi connectivity index (χ1) is 17.2. The third-order valence-corrected chi connectivity index (χ3v) is 5.89. The minimum absolute atomic E-state index is 0.00970. The molecule has 1 aliphatic rings. The van der Waals surface area contributed by atoms with Crippen LogP contribution in [-0.2, 0) is 9.59 Å². The van der Waals surface area contributed by atoms with Crippen molar-refractivity contribution in [1.82, 2.24) is 4.90 Å². The number of nitro benzene ring substituents is 2. The maximum absolute atomic E-state index is 12.8. The number of nitrogens with one attached hydrogen (secondary N) is 2. The SMILES string of the molecule is COc1ccc(NC(=O)CN(CC(=O)Nc2ccc(OC)cc2[N+](=O)[O-])C2CCCC2)c([N+](=O)[O-])c1. The normalized spacial score (nSPS) is 13.3. The first-order valence-corrected chi connectivity index (χ1v) is 11.2. The second-order valence-electron chi connectivity index (χ2n) is 8.22. The van der Waals surface area contributed by atoms with E-state index in [-0.39, 0.29) is 53.4 Å². The van der Waals surface area contributed by atoms with Crippen molar-refractivity contribution in [3.05, 3.63) is 56.6 Å². The van der Waals surface area contributed by atoms with Crippen molar-refractivity contribution in [2.75, 3.05) is 37.9 Å². The summed E-state index contributed by atoms with van der Waals surface area (Å²) in [5.74, 6) is -0.509. The van der Waals surface area contributed by atoms with E-state index < -0.39 is 21.7 Å². The van der Waals surface area contributed by atoms with E-state index in [0.717, 1.165) is 25.7 Å². The number of carbonyl (C=O) groups is 2. The number of nitro groups is 2. The Hall–Kier alpha value is -4.26. The van der Waals surface area contributed by atoms with Crippen molar-refractivity contribution < 1.29 is 28.9 Å². The van der Waals surface area contributed by atoms with Gasteiger partial charge in [-0.3, -0.25) is 34.7 Å². The topological polar surface area (TPSA) is 166 Å². The van der Waals surface area contributed by atoms with Crippen LogP contribution in [0, 0.1) is 20.2 Å². The van der Waals surface area contributed by atoms with E-state index in [2.05, 4.69) is 10.6 Å². The molecular weight excluding hydrogens is 474 g/mol. The van der Waals surface area contributed by atoms with E-state index in [1.165, 1.54) is 50.6 Å².